The molecule has 3 nitrogen and oxygen atoms in total. The van der Waals surface area contributed by atoms with Crippen LogP contribution in [0.25, 0.3) is 0 Å². The second-order valence-corrected chi connectivity index (χ2v) is 14.5. The number of nitrogens with zero attached hydrogens (tertiary/aromatic N) is 1. The van der Waals surface area contributed by atoms with Crippen LogP contribution in [-0.4, -0.2) is 42.9 Å². The summed E-state index contributed by atoms with van der Waals surface area (Å²) in [5.41, 5.74) is 1.28. The number of hydrogen-bond donors (Lipinski definition) is 1. The van der Waals surface area contributed by atoms with Crippen LogP contribution in [0.3, 0.4) is 0 Å². The van der Waals surface area contributed by atoms with Gasteiger partial charge in [-0.05, 0) is 89.8 Å². The zero-order valence-electron chi connectivity index (χ0n) is 24.1. The fraction of sp³-hybridized carbons (Fsp3) is 0.964. The molecule has 31 heavy (non-hydrogen) atoms. The summed E-state index contributed by atoms with van der Waals surface area (Å²) in [5.74, 6) is 0.405. The van der Waals surface area contributed by atoms with Gasteiger partial charge < -0.3 is 10.2 Å². The summed E-state index contributed by atoms with van der Waals surface area (Å²) in [6.45, 7) is 27.6. The van der Waals surface area contributed by atoms with E-state index >= 15 is 0 Å². The first-order chi connectivity index (χ1) is 13.6. The summed E-state index contributed by atoms with van der Waals surface area (Å²) in [5, 5.41) is 3.49. The third-order valence-electron chi connectivity index (χ3n) is 4.63. The Balaban J connectivity index is 0. The molecule has 0 bridgehead atoms. The standard InChI is InChI=1S/C12H24O.C9H21N.C7H15N/c1-11(2,3)8-7-10(13)9-12(4,5)6;1-9(2,3)7-6-8-10(4)5;1-7(2,3)8-6-4-5-6/h7-9H2,1-6H3;6-8H2,1-5H3;6,8H,4-5H2,1-3H3. The van der Waals surface area contributed by atoms with E-state index in [1.807, 2.05) is 0 Å². The Kier molecular flexibility index (Phi) is 14.8. The van der Waals surface area contributed by atoms with Crippen molar-refractivity contribution in [3.63, 3.8) is 0 Å². The smallest absolute Gasteiger partial charge is 0.133 e. The number of carbonyl (C=O) groups excluding carboxylic acids is 1. The van der Waals surface area contributed by atoms with E-state index in [1.54, 1.807) is 0 Å². The van der Waals surface area contributed by atoms with Gasteiger partial charge in [-0.15, -0.1) is 0 Å². The van der Waals surface area contributed by atoms with Crippen molar-refractivity contribution in [3.8, 4) is 0 Å². The predicted octanol–water partition coefficient (Wildman–Crippen LogP) is 7.73. The third kappa shape index (κ3) is 34.4. The molecule has 1 N–H and O–H groups in total. The Morgan fingerprint density at radius 3 is 1.48 bits per heavy atom. The van der Waals surface area contributed by atoms with Gasteiger partial charge in [-0.25, -0.2) is 0 Å². The van der Waals surface area contributed by atoms with Crippen LogP contribution in [0.2, 0.25) is 0 Å². The fourth-order valence-corrected chi connectivity index (χ4v) is 2.96. The Morgan fingerprint density at radius 1 is 0.774 bits per heavy atom. The third-order valence-corrected chi connectivity index (χ3v) is 4.63. The topological polar surface area (TPSA) is 32.3 Å². The van der Waals surface area contributed by atoms with Crippen LogP contribution >= 0.6 is 0 Å². The number of ketones is 1. The maximum atomic E-state index is 11.5. The largest absolute Gasteiger partial charge is 0.309 e. The second kappa shape index (κ2) is 14.0. The fourth-order valence-electron chi connectivity index (χ4n) is 2.96. The van der Waals surface area contributed by atoms with E-state index in [2.05, 4.69) is 107 Å². The van der Waals surface area contributed by atoms with Crippen molar-refractivity contribution in [1.82, 2.24) is 10.2 Å². The monoisotopic (exact) mass is 440 g/mol. The molecule has 1 aliphatic carbocycles. The highest BCUT2D eigenvalue weighted by Crippen LogP contribution is 2.25. The second-order valence-electron chi connectivity index (χ2n) is 14.5. The van der Waals surface area contributed by atoms with Crippen molar-refractivity contribution in [2.45, 2.75) is 140 Å². The van der Waals surface area contributed by atoms with E-state index in [4.69, 9.17) is 0 Å². The number of rotatable bonds is 7. The van der Waals surface area contributed by atoms with Crippen LogP contribution in [0.15, 0.2) is 0 Å². The Morgan fingerprint density at radius 2 is 1.23 bits per heavy atom. The van der Waals surface area contributed by atoms with Crippen molar-refractivity contribution >= 4 is 5.78 Å². The molecule has 0 atom stereocenters. The Bertz CT molecular complexity index is 463. The molecule has 3 heteroatoms. The lowest BCUT2D eigenvalue weighted by atomic mass is 9.85. The van der Waals surface area contributed by atoms with Crippen molar-refractivity contribution in [1.29, 1.82) is 0 Å². The average Bonchev–Trinajstić information content (AvgIpc) is 3.24. The molecule has 1 saturated carbocycles. The molecule has 0 spiro atoms. The zero-order chi connectivity index (χ0) is 25.1. The summed E-state index contributed by atoms with van der Waals surface area (Å²) >= 11 is 0. The highest BCUT2D eigenvalue weighted by Gasteiger charge is 2.25. The molecule has 0 aromatic heterocycles. The molecule has 0 aliphatic heterocycles. The molecule has 1 fully saturated rings. The number of Topliss-reactive ketones (excluding diaryl/α,β-unsaturated/α-hetero) is 1. The normalized spacial score (nSPS) is 15.1. The molecule has 0 aromatic carbocycles. The van der Waals surface area contributed by atoms with Gasteiger partial charge in [0.15, 0.2) is 0 Å². The molecule has 0 heterocycles. The summed E-state index contributed by atoms with van der Waals surface area (Å²) < 4.78 is 0. The molecule has 0 unspecified atom stereocenters. The molecule has 0 radical (unpaired) electrons. The lowest BCUT2D eigenvalue weighted by Gasteiger charge is -2.20. The van der Waals surface area contributed by atoms with E-state index in [-0.39, 0.29) is 10.8 Å². The Labute approximate surface area is 197 Å². The van der Waals surface area contributed by atoms with Crippen LogP contribution in [0.4, 0.5) is 0 Å². The van der Waals surface area contributed by atoms with Gasteiger partial charge in [0.05, 0.1) is 0 Å². The SMILES string of the molecule is CC(C)(C)CCC(=O)CC(C)(C)C.CC(C)(C)NC1CC1.CN(C)CCCC(C)(C)C. The van der Waals surface area contributed by atoms with Gasteiger partial charge in [0.2, 0.25) is 0 Å². The minimum absolute atomic E-state index is 0.148. The van der Waals surface area contributed by atoms with E-state index in [9.17, 15) is 4.79 Å². The van der Waals surface area contributed by atoms with Gasteiger partial charge in [0.1, 0.15) is 5.78 Å². The quantitative estimate of drug-likeness (QED) is 0.439. The molecular weight excluding hydrogens is 380 g/mol. The van der Waals surface area contributed by atoms with Gasteiger partial charge >= 0.3 is 0 Å². The molecule has 1 rings (SSSR count). The number of carbonyl (C=O) groups is 1. The van der Waals surface area contributed by atoms with Gasteiger partial charge in [0.25, 0.3) is 0 Å². The summed E-state index contributed by atoms with van der Waals surface area (Å²) in [4.78, 5) is 13.7. The van der Waals surface area contributed by atoms with Crippen molar-refractivity contribution in [2.24, 2.45) is 16.2 Å². The number of hydrogen-bond acceptors (Lipinski definition) is 3. The van der Waals surface area contributed by atoms with E-state index in [1.165, 1.54) is 32.2 Å². The van der Waals surface area contributed by atoms with Crippen LogP contribution < -0.4 is 5.32 Å². The van der Waals surface area contributed by atoms with Crippen molar-refractivity contribution in [3.05, 3.63) is 0 Å². The first-order valence-electron chi connectivity index (χ1n) is 12.5. The van der Waals surface area contributed by atoms with Crippen LogP contribution in [0.1, 0.15) is 128 Å². The first kappa shape index (κ1) is 32.8. The molecule has 0 aromatic rings. The highest BCUT2D eigenvalue weighted by molar-refractivity contribution is 5.78. The average molecular weight is 441 g/mol. The molecule has 0 amide bonds. The summed E-state index contributed by atoms with van der Waals surface area (Å²) in [7, 11) is 4.26. The Hall–Kier alpha value is -0.410. The molecule has 188 valence electrons. The molecule has 0 saturated heterocycles. The minimum Gasteiger partial charge on any atom is -0.309 e. The highest BCUT2D eigenvalue weighted by atomic mass is 16.1. The zero-order valence-corrected chi connectivity index (χ0v) is 24.1. The van der Waals surface area contributed by atoms with Crippen molar-refractivity contribution < 1.29 is 4.79 Å². The van der Waals surface area contributed by atoms with E-state index in [0.717, 1.165) is 18.9 Å². The predicted molar refractivity (Wildman–Crippen MR) is 141 cm³/mol. The maximum Gasteiger partial charge on any atom is 0.133 e. The van der Waals surface area contributed by atoms with Crippen LogP contribution in [-0.2, 0) is 4.79 Å². The van der Waals surface area contributed by atoms with Gasteiger partial charge in [-0.3, -0.25) is 4.79 Å². The number of nitrogens with one attached hydrogen (secondary N) is 1. The van der Waals surface area contributed by atoms with E-state index < -0.39 is 0 Å². The summed E-state index contributed by atoms with van der Waals surface area (Å²) in [6, 6.07) is 0.843. The maximum absolute atomic E-state index is 11.5. The lowest BCUT2D eigenvalue weighted by molar-refractivity contribution is -0.121. The van der Waals surface area contributed by atoms with E-state index in [0.29, 0.717) is 23.2 Å². The lowest BCUT2D eigenvalue weighted by Crippen LogP contribution is -2.37. The first-order valence-corrected chi connectivity index (χ1v) is 12.5. The van der Waals surface area contributed by atoms with Crippen molar-refractivity contribution in [2.75, 3.05) is 20.6 Å². The van der Waals surface area contributed by atoms with Gasteiger partial charge in [-0.2, -0.15) is 0 Å². The molecule has 1 aliphatic rings. The van der Waals surface area contributed by atoms with Gasteiger partial charge in [-0.1, -0.05) is 62.3 Å². The molecular formula is C28H60N2O. The van der Waals surface area contributed by atoms with Crippen LogP contribution in [0.5, 0.6) is 0 Å². The summed E-state index contributed by atoms with van der Waals surface area (Å²) in [6.07, 6.45) is 7.86. The minimum atomic E-state index is 0.148. The van der Waals surface area contributed by atoms with Crippen LogP contribution in [0, 0.1) is 16.2 Å². The van der Waals surface area contributed by atoms with Gasteiger partial charge in [0, 0.05) is 24.4 Å².